The van der Waals surface area contributed by atoms with E-state index in [-0.39, 0.29) is 51.4 Å². The number of hydrogen-bond donors (Lipinski definition) is 3. The number of rotatable bonds is 1. The van der Waals surface area contributed by atoms with Crippen LogP contribution in [-0.4, -0.2) is 19.1 Å². The minimum absolute atomic E-state index is 0. The van der Waals surface area contributed by atoms with E-state index in [1.807, 2.05) is 0 Å². The van der Waals surface area contributed by atoms with Gasteiger partial charge in [0.25, 0.3) is 0 Å². The van der Waals surface area contributed by atoms with E-state index in [0.29, 0.717) is 0 Å². The van der Waals surface area contributed by atoms with E-state index < -0.39 is 7.82 Å². The summed E-state index contributed by atoms with van der Waals surface area (Å²) in [4.78, 5) is 21.6. The smallest absolute Gasteiger partial charge is 0.343 e. The zero-order valence-electron chi connectivity index (χ0n) is 5.70. The van der Waals surface area contributed by atoms with Crippen LogP contribution in [0.4, 0.5) is 0 Å². The molecule has 0 saturated carbocycles. The van der Waals surface area contributed by atoms with Crippen molar-refractivity contribution in [2.75, 3.05) is 4.43 Å². The van der Waals surface area contributed by atoms with Gasteiger partial charge in [0.15, 0.2) is 0 Å². The van der Waals surface area contributed by atoms with Crippen molar-refractivity contribution >= 4 is 30.4 Å². The normalized spacial score (nSPS) is 8.90. The molecule has 0 saturated heterocycles. The summed E-state index contributed by atoms with van der Waals surface area (Å²) in [5.74, 6) is 0. The molecule has 0 rings (SSSR count). The molecule has 0 aromatic rings. The van der Waals surface area contributed by atoms with Crippen LogP contribution in [0.3, 0.4) is 0 Å². The van der Waals surface area contributed by atoms with Gasteiger partial charge < -0.3 is 21.6 Å². The number of phosphoric acid groups is 1. The molecule has 0 spiro atoms. The van der Waals surface area contributed by atoms with Gasteiger partial charge in [0, 0.05) is 0 Å². The third-order valence-corrected chi connectivity index (χ3v) is 0.896. The molecule has 0 atom stereocenters. The minimum atomic E-state index is -4.64. The van der Waals surface area contributed by atoms with Crippen LogP contribution >= 0.6 is 30.4 Å². The zero-order valence-corrected chi connectivity index (χ0v) is 11.9. The van der Waals surface area contributed by atoms with Crippen molar-refractivity contribution < 1.29 is 70.6 Å². The second kappa shape index (κ2) is 11.5. The van der Waals surface area contributed by atoms with Gasteiger partial charge in [-0.2, -0.15) is 6.42 Å². The Labute approximate surface area is 117 Å². The summed E-state index contributed by atoms with van der Waals surface area (Å²) in [5.41, 5.74) is 0. The minimum Gasteiger partial charge on any atom is -0.343 e. The first-order chi connectivity index (χ1) is 3.91. The first kappa shape index (κ1) is 18.3. The van der Waals surface area contributed by atoms with Crippen LogP contribution in [0.1, 0.15) is 6.42 Å². The molecule has 0 aliphatic carbocycles. The third-order valence-electron chi connectivity index (χ3n) is 0.134. The molecule has 0 bridgehead atoms. The number of halogens is 1. The maximum atomic E-state index is 8.88. The van der Waals surface area contributed by atoms with Crippen LogP contribution in [-0.2, 0) is 4.57 Å². The summed E-state index contributed by atoms with van der Waals surface area (Å²) in [6, 6.07) is 0. The first-order valence-corrected chi connectivity index (χ1v) is 5.14. The first-order valence-electron chi connectivity index (χ1n) is 2.05. The van der Waals surface area contributed by atoms with Crippen molar-refractivity contribution in [3.05, 3.63) is 6.92 Å². The van der Waals surface area contributed by atoms with E-state index in [2.05, 4.69) is 29.5 Å². The quantitative estimate of drug-likeness (QED) is 0.168. The molecule has 0 fully saturated rings. The van der Waals surface area contributed by atoms with Crippen LogP contribution in [0, 0.1) is 6.92 Å². The van der Waals surface area contributed by atoms with Gasteiger partial charge in [0.2, 0.25) is 0 Å². The summed E-state index contributed by atoms with van der Waals surface area (Å²) >= 11 is 2.29. The third kappa shape index (κ3) is 77.8. The molecule has 0 radical (unpaired) electrons. The summed E-state index contributed by atoms with van der Waals surface area (Å²) in [6.45, 7) is 3.60. The van der Waals surface area contributed by atoms with Gasteiger partial charge in [-0.25, -0.2) is 4.57 Å². The van der Waals surface area contributed by atoms with E-state index in [1.54, 1.807) is 0 Å². The van der Waals surface area contributed by atoms with Gasteiger partial charge in [0.1, 0.15) is 0 Å². The molecule has 10 heavy (non-hydrogen) atoms. The van der Waals surface area contributed by atoms with Crippen molar-refractivity contribution in [3.8, 4) is 0 Å². The molecule has 4 nitrogen and oxygen atoms in total. The van der Waals surface area contributed by atoms with Gasteiger partial charge in [-0.1, -0.05) is 22.6 Å². The summed E-state index contributed by atoms with van der Waals surface area (Å²) in [6.07, 6.45) is 1.06. The molecule has 0 aliphatic heterocycles. The Kier molecular flexibility index (Phi) is 21.0. The van der Waals surface area contributed by atoms with Crippen molar-refractivity contribution in [1.29, 1.82) is 0 Å². The Morgan fingerprint density at radius 2 is 1.50 bits per heavy atom. The molecule has 7 heteroatoms. The molecule has 0 heterocycles. The van der Waals surface area contributed by atoms with E-state index in [0.717, 1.165) is 6.42 Å². The van der Waals surface area contributed by atoms with Crippen molar-refractivity contribution in [2.45, 2.75) is 6.42 Å². The van der Waals surface area contributed by atoms with Gasteiger partial charge >= 0.3 is 59.2 Å². The average molecular weight is 306 g/mol. The Morgan fingerprint density at radius 1 is 1.40 bits per heavy atom. The van der Waals surface area contributed by atoms with Crippen LogP contribution in [0.15, 0.2) is 0 Å². The van der Waals surface area contributed by atoms with E-state index in [4.69, 9.17) is 19.2 Å². The largest absolute Gasteiger partial charge is 1.00 e. The molecule has 0 unspecified atom stereocenters. The van der Waals surface area contributed by atoms with Crippen molar-refractivity contribution in [1.82, 2.24) is 0 Å². The Hall–Kier alpha value is 2.48. The Balaban J connectivity index is -0.0000000910. The number of hydrogen-bond acceptors (Lipinski definition) is 1. The maximum Gasteiger partial charge on any atom is 1.00 e. The van der Waals surface area contributed by atoms with Crippen LogP contribution in [0.25, 0.3) is 0 Å². The van der Waals surface area contributed by atoms with Gasteiger partial charge in [-0.15, -0.1) is 0 Å². The van der Waals surface area contributed by atoms with Gasteiger partial charge in [-0.05, 0) is 4.43 Å². The zero-order chi connectivity index (χ0) is 7.91. The predicted molar refractivity (Wildman–Crippen MR) is 43.1 cm³/mol. The average Bonchev–Trinajstić information content (AvgIpc) is 1.61. The molecular weight excluding hydrogens is 297 g/mol. The summed E-state index contributed by atoms with van der Waals surface area (Å²) in [5, 5.41) is 0. The second-order valence-electron chi connectivity index (χ2n) is 1.06. The Bertz CT molecular complexity index is 84.2. The number of alkyl halides is 1. The second-order valence-corrected chi connectivity index (χ2v) is 3.16. The summed E-state index contributed by atoms with van der Waals surface area (Å²) in [7, 11) is -4.64. The van der Waals surface area contributed by atoms with Crippen LogP contribution in [0.2, 0.25) is 0 Å². The van der Waals surface area contributed by atoms with Crippen molar-refractivity contribution in [2.24, 2.45) is 0 Å². The molecule has 0 aromatic carbocycles. The molecular formula is C3H9IKO4P. The fourth-order valence-corrected chi connectivity index (χ4v) is 0. The molecule has 0 amide bonds. The van der Waals surface area contributed by atoms with E-state index in [9.17, 15) is 0 Å². The van der Waals surface area contributed by atoms with Gasteiger partial charge in [-0.3, -0.25) is 0 Å². The molecule has 0 aliphatic rings. The van der Waals surface area contributed by atoms with Crippen LogP contribution < -0.4 is 51.4 Å². The molecule has 58 valence electrons. The van der Waals surface area contributed by atoms with Crippen LogP contribution in [0.5, 0.6) is 0 Å². The Morgan fingerprint density at radius 3 is 1.50 bits per heavy atom. The standard InChI is InChI=1S/C3H6I.K.H3O4P/c1-2-3-4;;1-5(2,3)4/h1-3H2;;(H3,1,2,3,4)/q-1;+1;. The topological polar surface area (TPSA) is 77.8 Å². The van der Waals surface area contributed by atoms with E-state index >= 15 is 0 Å². The monoisotopic (exact) mass is 306 g/mol. The predicted octanol–water partition coefficient (Wildman–Crippen LogP) is -2.28. The van der Waals surface area contributed by atoms with Crippen molar-refractivity contribution in [3.63, 3.8) is 0 Å². The fourth-order valence-electron chi connectivity index (χ4n) is 0. The molecule has 3 N–H and O–H groups in total. The fraction of sp³-hybridized carbons (Fsp3) is 0.667. The summed E-state index contributed by atoms with van der Waals surface area (Å²) < 4.78 is 10.1. The maximum absolute atomic E-state index is 8.88. The van der Waals surface area contributed by atoms with Gasteiger partial charge in [0.05, 0.1) is 0 Å². The SMILES string of the molecule is O=P(O)(O)O.[CH2-]CCI.[K+]. The molecule has 0 aromatic heterocycles. The van der Waals surface area contributed by atoms with E-state index in [1.165, 1.54) is 4.43 Å².